The minimum atomic E-state index is -1.28. The second kappa shape index (κ2) is 5.29. The molecule has 1 heterocycles. The standard InChI is InChI=1S/C13H14OSi/c1-15(2,3)12-7-5-4-6-9-13-10-8-11-14-13/h6,8-11H,1-3H3/b9-6+. The van der Waals surface area contributed by atoms with Crippen LogP contribution in [0.1, 0.15) is 5.76 Å². The van der Waals surface area contributed by atoms with Crippen LogP contribution < -0.4 is 0 Å². The Labute approximate surface area is 92.2 Å². The summed E-state index contributed by atoms with van der Waals surface area (Å²) >= 11 is 0. The second-order valence-corrected chi connectivity index (χ2v) is 8.87. The summed E-state index contributed by atoms with van der Waals surface area (Å²) < 4.78 is 5.11. The number of furan rings is 1. The van der Waals surface area contributed by atoms with E-state index in [1.54, 1.807) is 12.3 Å². The SMILES string of the molecule is C[Si](C)(C)C#CC#C/C=C/c1ccco1. The third-order valence-corrected chi connectivity index (χ3v) is 2.32. The summed E-state index contributed by atoms with van der Waals surface area (Å²) in [6.45, 7) is 6.58. The molecule has 0 saturated heterocycles. The van der Waals surface area contributed by atoms with Gasteiger partial charge < -0.3 is 4.42 Å². The Balaban J connectivity index is 2.50. The first-order valence-corrected chi connectivity index (χ1v) is 8.31. The van der Waals surface area contributed by atoms with E-state index in [0.717, 1.165) is 5.76 Å². The molecule has 1 aromatic heterocycles. The van der Waals surface area contributed by atoms with Crippen molar-refractivity contribution in [1.82, 2.24) is 0 Å². The van der Waals surface area contributed by atoms with E-state index in [4.69, 9.17) is 4.42 Å². The van der Waals surface area contributed by atoms with Crippen LogP contribution in [0.5, 0.6) is 0 Å². The van der Waals surface area contributed by atoms with E-state index in [-0.39, 0.29) is 0 Å². The zero-order valence-corrected chi connectivity index (χ0v) is 10.3. The quantitative estimate of drug-likeness (QED) is 0.517. The lowest BCUT2D eigenvalue weighted by atomic mass is 10.4. The average molecular weight is 214 g/mol. The molecule has 0 spiro atoms. The lowest BCUT2D eigenvalue weighted by Crippen LogP contribution is -2.16. The summed E-state index contributed by atoms with van der Waals surface area (Å²) in [5, 5.41) is 0. The van der Waals surface area contributed by atoms with Gasteiger partial charge in [-0.2, -0.15) is 0 Å². The van der Waals surface area contributed by atoms with Crippen molar-refractivity contribution in [3.63, 3.8) is 0 Å². The fourth-order valence-electron chi connectivity index (χ4n) is 0.806. The van der Waals surface area contributed by atoms with Crippen molar-refractivity contribution in [2.45, 2.75) is 19.6 Å². The molecule has 1 nitrogen and oxygen atoms in total. The summed E-state index contributed by atoms with van der Waals surface area (Å²) in [4.78, 5) is 0. The highest BCUT2D eigenvalue weighted by atomic mass is 28.3. The zero-order valence-electron chi connectivity index (χ0n) is 9.29. The lowest BCUT2D eigenvalue weighted by Gasteiger charge is -2.01. The summed E-state index contributed by atoms with van der Waals surface area (Å²) in [5.41, 5.74) is 3.17. The molecule has 1 rings (SSSR count). The molecule has 15 heavy (non-hydrogen) atoms. The zero-order chi connectivity index (χ0) is 11.1. The molecule has 0 N–H and O–H groups in total. The van der Waals surface area contributed by atoms with Gasteiger partial charge >= 0.3 is 0 Å². The second-order valence-electron chi connectivity index (χ2n) is 4.12. The van der Waals surface area contributed by atoms with Crippen LogP contribution in [-0.4, -0.2) is 8.07 Å². The average Bonchev–Trinajstić information content (AvgIpc) is 2.61. The first kappa shape index (κ1) is 11.4. The molecule has 0 aliphatic heterocycles. The Morgan fingerprint density at radius 2 is 2.07 bits per heavy atom. The first-order chi connectivity index (χ1) is 7.08. The van der Waals surface area contributed by atoms with E-state index in [0.29, 0.717) is 0 Å². The van der Waals surface area contributed by atoms with Crippen LogP contribution in [-0.2, 0) is 0 Å². The molecular weight excluding hydrogens is 200 g/mol. The minimum Gasteiger partial charge on any atom is -0.465 e. The smallest absolute Gasteiger partial charge is 0.130 e. The largest absolute Gasteiger partial charge is 0.465 e. The first-order valence-electron chi connectivity index (χ1n) is 4.81. The van der Waals surface area contributed by atoms with Crippen LogP contribution in [0.3, 0.4) is 0 Å². The highest BCUT2D eigenvalue weighted by Crippen LogP contribution is 2.01. The maximum absolute atomic E-state index is 5.11. The molecule has 0 aliphatic rings. The van der Waals surface area contributed by atoms with Crippen molar-refractivity contribution in [3.05, 3.63) is 30.2 Å². The van der Waals surface area contributed by atoms with E-state index in [2.05, 4.69) is 42.9 Å². The minimum absolute atomic E-state index is 0.808. The number of hydrogen-bond acceptors (Lipinski definition) is 1. The van der Waals surface area contributed by atoms with E-state index in [9.17, 15) is 0 Å². The molecule has 0 bridgehead atoms. The molecule has 1 aromatic rings. The van der Waals surface area contributed by atoms with Crippen LogP contribution in [0.25, 0.3) is 6.08 Å². The molecule has 0 atom stereocenters. The van der Waals surface area contributed by atoms with Gasteiger partial charge in [-0.3, -0.25) is 0 Å². The van der Waals surface area contributed by atoms with Gasteiger partial charge in [0.2, 0.25) is 0 Å². The van der Waals surface area contributed by atoms with Gasteiger partial charge in [-0.1, -0.05) is 25.6 Å². The summed E-state index contributed by atoms with van der Waals surface area (Å²) in [7, 11) is -1.28. The van der Waals surface area contributed by atoms with E-state index >= 15 is 0 Å². The predicted molar refractivity (Wildman–Crippen MR) is 66.6 cm³/mol. The Kier molecular flexibility index (Phi) is 4.03. The highest BCUT2D eigenvalue weighted by molar-refractivity contribution is 6.83. The normalized spacial score (nSPS) is 10.3. The third-order valence-electron chi connectivity index (χ3n) is 1.45. The molecule has 0 radical (unpaired) electrons. The third kappa shape index (κ3) is 5.62. The van der Waals surface area contributed by atoms with Crippen molar-refractivity contribution in [1.29, 1.82) is 0 Å². The fourth-order valence-corrected chi connectivity index (χ4v) is 1.24. The van der Waals surface area contributed by atoms with Gasteiger partial charge in [-0.15, -0.1) is 5.54 Å². The topological polar surface area (TPSA) is 13.1 Å². The summed E-state index contributed by atoms with van der Waals surface area (Å²) in [6.07, 6.45) is 5.21. The van der Waals surface area contributed by atoms with E-state index in [1.165, 1.54) is 0 Å². The number of allylic oxidation sites excluding steroid dienone is 1. The molecular formula is C13H14OSi. The number of rotatable bonds is 1. The fraction of sp³-hybridized carbons (Fsp3) is 0.231. The van der Waals surface area contributed by atoms with Crippen LogP contribution in [0, 0.1) is 23.3 Å². The molecule has 0 amide bonds. The Bertz CT molecular complexity index is 439. The van der Waals surface area contributed by atoms with Crippen molar-refractivity contribution < 1.29 is 4.42 Å². The van der Waals surface area contributed by atoms with Crippen molar-refractivity contribution in [2.24, 2.45) is 0 Å². The summed E-state index contributed by atoms with van der Waals surface area (Å²) in [6, 6.07) is 3.73. The molecule has 0 aliphatic carbocycles. The van der Waals surface area contributed by atoms with E-state index in [1.807, 2.05) is 18.2 Å². The van der Waals surface area contributed by atoms with Crippen LogP contribution in [0.15, 0.2) is 28.9 Å². The lowest BCUT2D eigenvalue weighted by molar-refractivity contribution is 0.557. The van der Waals surface area contributed by atoms with Crippen LogP contribution in [0.2, 0.25) is 19.6 Å². The highest BCUT2D eigenvalue weighted by Gasteiger charge is 2.06. The van der Waals surface area contributed by atoms with E-state index < -0.39 is 8.07 Å². The number of hydrogen-bond donors (Lipinski definition) is 0. The van der Waals surface area contributed by atoms with Gasteiger partial charge in [0.15, 0.2) is 0 Å². The van der Waals surface area contributed by atoms with Crippen molar-refractivity contribution >= 4 is 14.1 Å². The van der Waals surface area contributed by atoms with Gasteiger partial charge in [0, 0.05) is 0 Å². The van der Waals surface area contributed by atoms with Gasteiger partial charge in [-0.05, 0) is 36.1 Å². The molecule has 0 fully saturated rings. The molecule has 0 unspecified atom stereocenters. The van der Waals surface area contributed by atoms with Crippen molar-refractivity contribution in [3.8, 4) is 23.3 Å². The van der Waals surface area contributed by atoms with Gasteiger partial charge in [0.05, 0.1) is 6.26 Å². The Morgan fingerprint density at radius 1 is 1.27 bits per heavy atom. The molecule has 2 heteroatoms. The Morgan fingerprint density at radius 3 is 2.67 bits per heavy atom. The van der Waals surface area contributed by atoms with Gasteiger partial charge in [-0.25, -0.2) is 0 Å². The van der Waals surface area contributed by atoms with Crippen LogP contribution in [0.4, 0.5) is 0 Å². The van der Waals surface area contributed by atoms with Gasteiger partial charge in [0.25, 0.3) is 0 Å². The molecule has 0 aromatic carbocycles. The van der Waals surface area contributed by atoms with Gasteiger partial charge in [0.1, 0.15) is 13.8 Å². The summed E-state index contributed by atoms with van der Waals surface area (Å²) in [5.74, 6) is 9.34. The molecule has 76 valence electrons. The Hall–Kier alpha value is -1.64. The monoisotopic (exact) mass is 214 g/mol. The maximum Gasteiger partial charge on any atom is 0.130 e. The maximum atomic E-state index is 5.11. The molecule has 0 saturated carbocycles. The van der Waals surface area contributed by atoms with Crippen molar-refractivity contribution in [2.75, 3.05) is 0 Å². The van der Waals surface area contributed by atoms with Crippen LogP contribution >= 0.6 is 0 Å². The predicted octanol–water partition coefficient (Wildman–Crippen LogP) is 3.18.